The number of anilines is 1. The summed E-state index contributed by atoms with van der Waals surface area (Å²) in [6.07, 6.45) is 1.79. The predicted octanol–water partition coefficient (Wildman–Crippen LogP) is 2.92. The minimum absolute atomic E-state index is 0.795. The maximum Gasteiger partial charge on any atom is 0.129 e. The van der Waals surface area contributed by atoms with Crippen LogP contribution < -0.4 is 5.73 Å². The van der Waals surface area contributed by atoms with E-state index in [1.54, 1.807) is 17.5 Å². The summed E-state index contributed by atoms with van der Waals surface area (Å²) in [6, 6.07) is 0. The van der Waals surface area contributed by atoms with Gasteiger partial charge in [-0.05, 0) is 13.8 Å². The Balaban J connectivity index is 0.000000461. The number of nitrogens with zero attached hydrogens (tertiary/aromatic N) is 2. The molecule has 76 valence electrons. The second-order valence-electron chi connectivity index (χ2n) is 2.71. The summed E-state index contributed by atoms with van der Waals surface area (Å²) in [7, 11) is 0. The van der Waals surface area contributed by atoms with Gasteiger partial charge in [-0.2, -0.15) is 0 Å². The number of hydrogen-bond donors (Lipinski definition) is 1. The van der Waals surface area contributed by atoms with Gasteiger partial charge in [-0.3, -0.25) is 0 Å². The van der Waals surface area contributed by atoms with Crippen LogP contribution in [0, 0.1) is 13.8 Å². The van der Waals surface area contributed by atoms with Crippen LogP contribution in [0.5, 0.6) is 0 Å². The van der Waals surface area contributed by atoms with Gasteiger partial charge < -0.3 is 5.73 Å². The Hall–Kier alpha value is -1.16. The third-order valence-corrected chi connectivity index (χ3v) is 2.82. The van der Waals surface area contributed by atoms with Gasteiger partial charge in [-0.1, -0.05) is 13.8 Å². The van der Waals surface area contributed by atoms with Crippen LogP contribution in [0.4, 0.5) is 5.69 Å². The Bertz CT molecular complexity index is 434. The average molecular weight is 209 g/mol. The zero-order valence-corrected chi connectivity index (χ0v) is 9.77. The van der Waals surface area contributed by atoms with Crippen molar-refractivity contribution in [2.24, 2.45) is 0 Å². The van der Waals surface area contributed by atoms with Crippen molar-refractivity contribution in [3.05, 3.63) is 16.9 Å². The molecule has 0 aromatic carbocycles. The van der Waals surface area contributed by atoms with Gasteiger partial charge in [0.2, 0.25) is 0 Å². The number of rotatable bonds is 0. The largest absolute Gasteiger partial charge is 0.397 e. The van der Waals surface area contributed by atoms with E-state index in [-0.39, 0.29) is 0 Å². The lowest BCUT2D eigenvalue weighted by Crippen LogP contribution is -1.87. The van der Waals surface area contributed by atoms with Gasteiger partial charge in [0.15, 0.2) is 0 Å². The van der Waals surface area contributed by atoms with Crippen molar-refractivity contribution in [2.45, 2.75) is 27.7 Å². The quantitative estimate of drug-likeness (QED) is 0.725. The lowest BCUT2D eigenvalue weighted by atomic mass is 10.3. The van der Waals surface area contributed by atoms with Gasteiger partial charge >= 0.3 is 0 Å². The third-order valence-electron chi connectivity index (χ3n) is 1.79. The highest BCUT2D eigenvalue weighted by molar-refractivity contribution is 7.19. The van der Waals surface area contributed by atoms with Crippen LogP contribution in [0.2, 0.25) is 0 Å². The van der Waals surface area contributed by atoms with Crippen LogP contribution in [0.1, 0.15) is 24.5 Å². The van der Waals surface area contributed by atoms with Crippen molar-refractivity contribution in [1.29, 1.82) is 0 Å². The van der Waals surface area contributed by atoms with Gasteiger partial charge in [-0.15, -0.1) is 11.3 Å². The van der Waals surface area contributed by atoms with E-state index in [1.807, 2.05) is 27.7 Å². The van der Waals surface area contributed by atoms with E-state index in [4.69, 9.17) is 5.73 Å². The summed E-state index contributed by atoms with van der Waals surface area (Å²) in [4.78, 5) is 10.5. The van der Waals surface area contributed by atoms with E-state index in [0.717, 1.165) is 26.6 Å². The van der Waals surface area contributed by atoms with Gasteiger partial charge in [-0.25, -0.2) is 9.97 Å². The molecule has 2 aromatic rings. The smallest absolute Gasteiger partial charge is 0.129 e. The van der Waals surface area contributed by atoms with Crippen LogP contribution in [0.3, 0.4) is 0 Å². The second kappa shape index (κ2) is 4.37. The summed E-state index contributed by atoms with van der Waals surface area (Å²) >= 11 is 1.62. The Morgan fingerprint density at radius 2 is 1.93 bits per heavy atom. The summed E-state index contributed by atoms with van der Waals surface area (Å²) in [5, 5.41) is 0.975. The molecule has 2 aromatic heterocycles. The molecule has 0 aliphatic rings. The summed E-state index contributed by atoms with van der Waals surface area (Å²) in [6.45, 7) is 7.88. The molecule has 0 saturated heterocycles. The first kappa shape index (κ1) is 10.9. The lowest BCUT2D eigenvalue weighted by molar-refractivity contribution is 1.10. The normalized spacial score (nSPS) is 9.71. The molecule has 0 unspecified atom stereocenters. The van der Waals surface area contributed by atoms with E-state index in [0.29, 0.717) is 0 Å². The molecule has 0 spiro atoms. The molecule has 0 fully saturated rings. The minimum atomic E-state index is 0.795. The van der Waals surface area contributed by atoms with Gasteiger partial charge in [0, 0.05) is 11.1 Å². The van der Waals surface area contributed by atoms with E-state index in [1.165, 1.54) is 0 Å². The number of nitrogen functional groups attached to an aromatic ring is 1. The number of nitrogens with two attached hydrogens (primary N) is 1. The molecule has 0 radical (unpaired) electrons. The zero-order valence-electron chi connectivity index (χ0n) is 8.96. The SMILES string of the molecule is CC.Cc1ncc2c(N)c(C)sc2n1. The number of fused-ring (bicyclic) bond motifs is 1. The number of aromatic nitrogens is 2. The van der Waals surface area contributed by atoms with Crippen molar-refractivity contribution in [3.63, 3.8) is 0 Å². The Labute approximate surface area is 88.0 Å². The molecular weight excluding hydrogens is 194 g/mol. The zero-order chi connectivity index (χ0) is 10.7. The summed E-state index contributed by atoms with van der Waals surface area (Å²) in [5.41, 5.74) is 6.63. The Kier molecular flexibility index (Phi) is 3.41. The first-order valence-corrected chi connectivity index (χ1v) is 5.48. The van der Waals surface area contributed by atoms with E-state index in [9.17, 15) is 0 Å². The molecule has 4 heteroatoms. The second-order valence-corrected chi connectivity index (χ2v) is 3.91. The van der Waals surface area contributed by atoms with Crippen LogP contribution in [0.25, 0.3) is 10.2 Å². The first-order valence-electron chi connectivity index (χ1n) is 4.66. The highest BCUT2D eigenvalue weighted by Crippen LogP contribution is 2.30. The number of hydrogen-bond acceptors (Lipinski definition) is 4. The van der Waals surface area contributed by atoms with Crippen LogP contribution in [-0.4, -0.2) is 9.97 Å². The average Bonchev–Trinajstić information content (AvgIpc) is 2.45. The van der Waals surface area contributed by atoms with Crippen molar-refractivity contribution in [1.82, 2.24) is 9.97 Å². The third kappa shape index (κ3) is 1.85. The molecule has 0 bridgehead atoms. The molecule has 0 atom stereocenters. The molecule has 14 heavy (non-hydrogen) atoms. The van der Waals surface area contributed by atoms with Crippen molar-refractivity contribution >= 4 is 27.2 Å². The van der Waals surface area contributed by atoms with E-state index >= 15 is 0 Å². The van der Waals surface area contributed by atoms with Gasteiger partial charge in [0.1, 0.15) is 10.7 Å². The van der Waals surface area contributed by atoms with Crippen LogP contribution in [0.15, 0.2) is 6.20 Å². The van der Waals surface area contributed by atoms with Gasteiger partial charge in [0.25, 0.3) is 0 Å². The van der Waals surface area contributed by atoms with Crippen molar-refractivity contribution in [3.8, 4) is 0 Å². The minimum Gasteiger partial charge on any atom is -0.397 e. The molecule has 0 amide bonds. The molecule has 0 saturated carbocycles. The molecule has 0 aliphatic carbocycles. The van der Waals surface area contributed by atoms with E-state index in [2.05, 4.69) is 9.97 Å². The highest BCUT2D eigenvalue weighted by Gasteiger charge is 2.06. The van der Waals surface area contributed by atoms with Crippen LogP contribution >= 0.6 is 11.3 Å². The summed E-state index contributed by atoms with van der Waals surface area (Å²) in [5.74, 6) is 0.795. The van der Waals surface area contributed by atoms with Crippen molar-refractivity contribution < 1.29 is 0 Å². The maximum atomic E-state index is 5.82. The topological polar surface area (TPSA) is 51.8 Å². The molecule has 2 N–H and O–H groups in total. The monoisotopic (exact) mass is 209 g/mol. The fourth-order valence-corrected chi connectivity index (χ4v) is 2.06. The predicted molar refractivity (Wildman–Crippen MR) is 62.6 cm³/mol. The standard InChI is InChI=1S/C8H9N3S.C2H6/c1-4-7(9)6-3-10-5(2)11-8(6)12-4;1-2/h3H,9H2,1-2H3;1-2H3. The Morgan fingerprint density at radius 3 is 2.57 bits per heavy atom. The lowest BCUT2D eigenvalue weighted by Gasteiger charge is -1.91. The van der Waals surface area contributed by atoms with Crippen molar-refractivity contribution in [2.75, 3.05) is 5.73 Å². The molecular formula is C10H15N3S. The molecule has 2 heterocycles. The molecule has 3 nitrogen and oxygen atoms in total. The van der Waals surface area contributed by atoms with Gasteiger partial charge in [0.05, 0.1) is 11.1 Å². The van der Waals surface area contributed by atoms with Crippen LogP contribution in [-0.2, 0) is 0 Å². The molecule has 2 rings (SSSR count). The fourth-order valence-electron chi connectivity index (χ4n) is 1.10. The highest BCUT2D eigenvalue weighted by atomic mass is 32.1. The fraction of sp³-hybridized carbons (Fsp3) is 0.400. The maximum absolute atomic E-state index is 5.82. The first-order chi connectivity index (χ1) is 6.68. The summed E-state index contributed by atoms with van der Waals surface area (Å²) < 4.78 is 0. The molecule has 0 aliphatic heterocycles. The number of thiophene rings is 1. The Morgan fingerprint density at radius 1 is 1.29 bits per heavy atom. The number of aryl methyl sites for hydroxylation is 2. The van der Waals surface area contributed by atoms with E-state index < -0.39 is 0 Å².